The van der Waals surface area contributed by atoms with E-state index >= 15 is 0 Å². The van der Waals surface area contributed by atoms with Gasteiger partial charge in [-0.25, -0.2) is 0 Å². The van der Waals surface area contributed by atoms with Crippen molar-refractivity contribution < 1.29 is 9.90 Å². The van der Waals surface area contributed by atoms with Gasteiger partial charge in [0.05, 0.1) is 0 Å². The molecule has 1 heterocycles. The van der Waals surface area contributed by atoms with Crippen molar-refractivity contribution in [2.75, 3.05) is 0 Å². The van der Waals surface area contributed by atoms with Crippen molar-refractivity contribution in [2.45, 2.75) is 18.9 Å². The smallest absolute Gasteiger partial charge is 0.320 e. The lowest BCUT2D eigenvalue weighted by Crippen LogP contribution is -2.30. The Labute approximate surface area is 97.9 Å². The molecular weight excluding hydrogens is 222 g/mol. The Morgan fingerprint density at radius 1 is 1.44 bits per heavy atom. The molecule has 4 heteroatoms. The van der Waals surface area contributed by atoms with Gasteiger partial charge in [0.15, 0.2) is 0 Å². The first-order valence-corrected chi connectivity index (χ1v) is 6.05. The van der Waals surface area contributed by atoms with Gasteiger partial charge in [-0.3, -0.25) is 4.79 Å². The molecule has 0 saturated heterocycles. The van der Waals surface area contributed by atoms with Gasteiger partial charge in [-0.2, -0.15) is 11.3 Å². The normalized spacial score (nSPS) is 12.8. The van der Waals surface area contributed by atoms with Crippen molar-refractivity contribution in [1.29, 1.82) is 0 Å². The minimum absolute atomic E-state index is 0.480. The maximum atomic E-state index is 10.6. The number of carboxylic acids is 1. The number of hydrogen-bond acceptors (Lipinski definition) is 3. The first-order valence-electron chi connectivity index (χ1n) is 5.10. The first-order chi connectivity index (χ1) is 7.68. The third-order valence-electron chi connectivity index (χ3n) is 2.67. The van der Waals surface area contributed by atoms with E-state index in [1.165, 1.54) is 16.7 Å². The summed E-state index contributed by atoms with van der Waals surface area (Å²) < 4.78 is 0. The number of aliphatic carboxylic acids is 1. The SMILES string of the molecule is NC(CCc1ccc2ccscc1-2)C(=O)O. The monoisotopic (exact) mass is 235 g/mol. The number of carboxylic acid groups (broad SMARTS) is 1. The van der Waals surface area contributed by atoms with Gasteiger partial charge in [0.1, 0.15) is 6.04 Å². The molecule has 1 aliphatic carbocycles. The number of hydrogen-bond donors (Lipinski definition) is 2. The molecule has 2 aliphatic rings. The van der Waals surface area contributed by atoms with Crippen LogP contribution >= 0.6 is 11.3 Å². The maximum Gasteiger partial charge on any atom is 0.320 e. The molecule has 16 heavy (non-hydrogen) atoms. The lowest BCUT2D eigenvalue weighted by atomic mass is 10.0. The van der Waals surface area contributed by atoms with Crippen molar-refractivity contribution >= 4 is 17.3 Å². The molecular formula is C12H13NO2S. The van der Waals surface area contributed by atoms with Crippen LogP contribution in [-0.2, 0) is 11.2 Å². The molecule has 2 rings (SSSR count). The van der Waals surface area contributed by atoms with E-state index in [-0.39, 0.29) is 0 Å². The van der Waals surface area contributed by atoms with Crippen LogP contribution in [-0.4, -0.2) is 17.1 Å². The second kappa shape index (κ2) is 4.63. The number of aryl methyl sites for hydroxylation is 1. The van der Waals surface area contributed by atoms with Gasteiger partial charge in [-0.15, -0.1) is 0 Å². The number of carbonyl (C=O) groups is 1. The highest BCUT2D eigenvalue weighted by Gasteiger charge is 2.14. The molecule has 0 saturated carbocycles. The van der Waals surface area contributed by atoms with Crippen molar-refractivity contribution in [3.63, 3.8) is 0 Å². The Bertz CT molecular complexity index is 466. The topological polar surface area (TPSA) is 63.3 Å². The van der Waals surface area contributed by atoms with Crippen LogP contribution in [0.5, 0.6) is 0 Å². The van der Waals surface area contributed by atoms with Crippen LogP contribution in [0.4, 0.5) is 0 Å². The standard InChI is InChI=1S/C12H13NO2S/c13-11(12(14)15)4-3-8-1-2-9-5-6-16-7-10(8)9/h1-2,5-7,11H,3-4,13H2,(H,14,15). The van der Waals surface area contributed by atoms with E-state index in [0.29, 0.717) is 12.8 Å². The largest absolute Gasteiger partial charge is 0.480 e. The fraction of sp³-hybridized carbons (Fsp3) is 0.250. The van der Waals surface area contributed by atoms with Crippen LogP contribution in [0.3, 0.4) is 0 Å². The Balaban J connectivity index is 2.08. The molecule has 0 aromatic carbocycles. The summed E-state index contributed by atoms with van der Waals surface area (Å²) in [7, 11) is 0. The van der Waals surface area contributed by atoms with Crippen molar-refractivity contribution in [2.24, 2.45) is 5.73 Å². The third kappa shape index (κ3) is 2.23. The van der Waals surface area contributed by atoms with E-state index in [1.54, 1.807) is 11.3 Å². The van der Waals surface area contributed by atoms with E-state index in [9.17, 15) is 4.79 Å². The summed E-state index contributed by atoms with van der Waals surface area (Å²) in [6, 6.07) is 5.41. The van der Waals surface area contributed by atoms with Crippen molar-refractivity contribution in [3.05, 3.63) is 34.5 Å². The van der Waals surface area contributed by atoms with Crippen LogP contribution in [0.15, 0.2) is 29.0 Å². The van der Waals surface area contributed by atoms with Crippen LogP contribution < -0.4 is 5.73 Å². The molecule has 0 fully saturated rings. The minimum atomic E-state index is -0.932. The molecule has 3 nitrogen and oxygen atoms in total. The Kier molecular flexibility index (Phi) is 3.22. The lowest BCUT2D eigenvalue weighted by Gasteiger charge is -2.06. The maximum absolute atomic E-state index is 10.6. The summed E-state index contributed by atoms with van der Waals surface area (Å²) in [5.74, 6) is -0.932. The number of rotatable bonds is 4. The molecule has 0 aromatic rings. The average molecular weight is 235 g/mol. The summed E-state index contributed by atoms with van der Waals surface area (Å²) in [5.41, 5.74) is 9.08. The predicted octanol–water partition coefficient (Wildman–Crippen LogP) is 2.20. The molecule has 1 unspecified atom stereocenters. The molecule has 0 radical (unpaired) electrons. The molecule has 0 bridgehead atoms. The summed E-state index contributed by atoms with van der Waals surface area (Å²) in [6.07, 6.45) is 1.20. The minimum Gasteiger partial charge on any atom is -0.480 e. The highest BCUT2D eigenvalue weighted by atomic mass is 32.1. The van der Waals surface area contributed by atoms with Crippen LogP contribution in [0.2, 0.25) is 0 Å². The zero-order valence-electron chi connectivity index (χ0n) is 8.72. The van der Waals surface area contributed by atoms with Crippen molar-refractivity contribution in [3.8, 4) is 11.1 Å². The van der Waals surface area contributed by atoms with Gasteiger partial charge in [0.2, 0.25) is 0 Å². The molecule has 1 atom stereocenters. The predicted molar refractivity (Wildman–Crippen MR) is 64.9 cm³/mol. The zero-order chi connectivity index (χ0) is 11.5. The molecule has 1 aliphatic heterocycles. The Morgan fingerprint density at radius 2 is 2.25 bits per heavy atom. The van der Waals surface area contributed by atoms with Crippen LogP contribution in [0.25, 0.3) is 11.1 Å². The van der Waals surface area contributed by atoms with Gasteiger partial charge >= 0.3 is 5.97 Å². The Hall–Kier alpha value is -1.39. The first kappa shape index (κ1) is 11.1. The van der Waals surface area contributed by atoms with E-state index in [4.69, 9.17) is 10.8 Å². The summed E-state index contributed by atoms with van der Waals surface area (Å²) in [6.45, 7) is 0. The fourth-order valence-electron chi connectivity index (χ4n) is 1.72. The van der Waals surface area contributed by atoms with Crippen molar-refractivity contribution in [1.82, 2.24) is 0 Å². The van der Waals surface area contributed by atoms with Gasteiger partial charge in [0, 0.05) is 0 Å². The third-order valence-corrected chi connectivity index (χ3v) is 3.34. The van der Waals surface area contributed by atoms with E-state index in [0.717, 1.165) is 0 Å². The van der Waals surface area contributed by atoms with E-state index in [2.05, 4.69) is 17.5 Å². The Morgan fingerprint density at radius 3 is 3.00 bits per heavy atom. The molecule has 84 valence electrons. The molecule has 3 N–H and O–H groups in total. The van der Waals surface area contributed by atoms with Crippen LogP contribution in [0, 0.1) is 0 Å². The van der Waals surface area contributed by atoms with E-state index < -0.39 is 12.0 Å². The molecule has 0 spiro atoms. The molecule has 0 amide bonds. The number of fused-ring (bicyclic) bond motifs is 1. The lowest BCUT2D eigenvalue weighted by molar-refractivity contribution is -0.138. The second-order valence-corrected chi connectivity index (χ2v) is 4.55. The van der Waals surface area contributed by atoms with Gasteiger partial charge in [-0.1, -0.05) is 12.1 Å². The summed E-state index contributed by atoms with van der Waals surface area (Å²) >= 11 is 1.64. The highest BCUT2D eigenvalue weighted by Crippen LogP contribution is 2.30. The number of nitrogens with two attached hydrogens (primary N) is 1. The zero-order valence-corrected chi connectivity index (χ0v) is 9.54. The van der Waals surface area contributed by atoms with Gasteiger partial charge < -0.3 is 10.8 Å². The van der Waals surface area contributed by atoms with Crippen LogP contribution in [0.1, 0.15) is 12.0 Å². The quantitative estimate of drug-likeness (QED) is 0.854. The van der Waals surface area contributed by atoms with Gasteiger partial charge in [-0.05, 0) is 46.4 Å². The summed E-state index contributed by atoms with van der Waals surface area (Å²) in [5, 5.41) is 12.8. The highest BCUT2D eigenvalue weighted by molar-refractivity contribution is 7.07. The summed E-state index contributed by atoms with van der Waals surface area (Å²) in [4.78, 5) is 10.6. The van der Waals surface area contributed by atoms with Gasteiger partial charge in [0.25, 0.3) is 0 Å². The van der Waals surface area contributed by atoms with E-state index in [1.807, 2.05) is 11.4 Å². The fourth-order valence-corrected chi connectivity index (χ4v) is 2.44. The second-order valence-electron chi connectivity index (χ2n) is 3.77. The average Bonchev–Trinajstić information content (AvgIpc) is 2.69. The molecule has 0 aromatic heterocycles.